The number of carbonyl (C=O) groups is 1. The highest BCUT2D eigenvalue weighted by atomic mass is 32.1. The van der Waals surface area contributed by atoms with E-state index in [1.54, 1.807) is 14.2 Å². The van der Waals surface area contributed by atoms with Crippen LogP contribution < -0.4 is 15.8 Å². The Balaban J connectivity index is 2.08. The van der Waals surface area contributed by atoms with Crippen molar-refractivity contribution in [2.75, 3.05) is 38.4 Å². The van der Waals surface area contributed by atoms with E-state index >= 15 is 0 Å². The van der Waals surface area contributed by atoms with E-state index in [1.807, 2.05) is 6.92 Å². The van der Waals surface area contributed by atoms with Crippen molar-refractivity contribution in [1.29, 1.82) is 0 Å². The first-order valence-electron chi connectivity index (χ1n) is 7.29. The Bertz CT molecular complexity index is 509. The van der Waals surface area contributed by atoms with Gasteiger partial charge in [0.25, 0.3) is 0 Å². The van der Waals surface area contributed by atoms with Gasteiger partial charge >= 0.3 is 0 Å². The molecule has 5 nitrogen and oxygen atoms in total. The van der Waals surface area contributed by atoms with Crippen LogP contribution in [-0.2, 0) is 4.74 Å². The van der Waals surface area contributed by atoms with Gasteiger partial charge in [-0.3, -0.25) is 4.79 Å². The number of carbonyl (C=O) groups excluding carboxylic acids is 1. The van der Waals surface area contributed by atoms with Gasteiger partial charge in [0.1, 0.15) is 5.00 Å². The van der Waals surface area contributed by atoms with Gasteiger partial charge in [-0.1, -0.05) is 6.92 Å². The van der Waals surface area contributed by atoms with Gasteiger partial charge in [0.05, 0.1) is 17.7 Å². The Kier molecular flexibility index (Phi) is 5.11. The largest absolute Gasteiger partial charge is 0.492 e. The maximum absolute atomic E-state index is 11.9. The van der Waals surface area contributed by atoms with E-state index in [4.69, 9.17) is 15.2 Å². The number of thiophene rings is 1. The molecule has 0 unspecified atom stereocenters. The first kappa shape index (κ1) is 16.1. The molecular formula is C15H24N2O3S. The summed E-state index contributed by atoms with van der Waals surface area (Å²) in [6.45, 7) is 3.49. The zero-order chi connectivity index (χ0) is 15.5. The van der Waals surface area contributed by atoms with E-state index in [9.17, 15) is 4.79 Å². The monoisotopic (exact) mass is 312 g/mol. The molecule has 0 bridgehead atoms. The maximum Gasteiger partial charge on any atom is 0.176 e. The number of rotatable bonds is 9. The van der Waals surface area contributed by atoms with Gasteiger partial charge in [-0.05, 0) is 24.7 Å². The van der Waals surface area contributed by atoms with Crippen molar-refractivity contribution >= 4 is 27.8 Å². The van der Waals surface area contributed by atoms with Gasteiger partial charge in [-0.2, -0.15) is 0 Å². The van der Waals surface area contributed by atoms with Crippen LogP contribution in [0.4, 0.5) is 10.7 Å². The summed E-state index contributed by atoms with van der Waals surface area (Å²) in [5.41, 5.74) is 6.82. The van der Waals surface area contributed by atoms with E-state index in [2.05, 4.69) is 5.32 Å². The molecular weight excluding hydrogens is 288 g/mol. The third kappa shape index (κ3) is 3.49. The molecule has 21 heavy (non-hydrogen) atoms. The maximum atomic E-state index is 11.9. The Morgan fingerprint density at radius 1 is 1.43 bits per heavy atom. The lowest BCUT2D eigenvalue weighted by atomic mass is 10.0. The highest BCUT2D eigenvalue weighted by Crippen LogP contribution is 2.50. The predicted octanol–water partition coefficient (Wildman–Crippen LogP) is 3.16. The molecule has 0 radical (unpaired) electrons. The lowest BCUT2D eigenvalue weighted by Gasteiger charge is -2.16. The summed E-state index contributed by atoms with van der Waals surface area (Å²) in [4.78, 5) is 12.5. The number of ether oxygens (including phenoxy) is 2. The average molecular weight is 312 g/mol. The fourth-order valence-corrected chi connectivity index (χ4v) is 3.49. The predicted molar refractivity (Wildman–Crippen MR) is 86.6 cm³/mol. The number of Topliss-reactive ketones (excluding diaryl/α,β-unsaturated/α-hetero) is 1. The third-order valence-corrected chi connectivity index (χ3v) is 5.28. The zero-order valence-corrected chi connectivity index (χ0v) is 13.8. The van der Waals surface area contributed by atoms with Crippen molar-refractivity contribution < 1.29 is 14.3 Å². The number of anilines is 2. The summed E-state index contributed by atoms with van der Waals surface area (Å²) in [6, 6.07) is 0. The SMILES string of the molecule is CCC(=O)c1sc(NCC2(CCOC)CC2)c(OC)c1N. The smallest absolute Gasteiger partial charge is 0.176 e. The van der Waals surface area contributed by atoms with Gasteiger partial charge in [0.2, 0.25) is 0 Å². The second-order valence-corrected chi connectivity index (χ2v) is 6.60. The fourth-order valence-electron chi connectivity index (χ4n) is 2.39. The first-order valence-corrected chi connectivity index (χ1v) is 8.11. The Hall–Kier alpha value is -1.27. The van der Waals surface area contributed by atoms with E-state index in [-0.39, 0.29) is 5.78 Å². The van der Waals surface area contributed by atoms with E-state index < -0.39 is 0 Å². The summed E-state index contributed by atoms with van der Waals surface area (Å²) in [5.74, 6) is 0.656. The highest BCUT2D eigenvalue weighted by Gasteiger charge is 2.42. The van der Waals surface area contributed by atoms with E-state index in [0.717, 1.165) is 24.6 Å². The van der Waals surface area contributed by atoms with Gasteiger partial charge in [0.15, 0.2) is 11.5 Å². The Morgan fingerprint density at radius 3 is 2.67 bits per heavy atom. The van der Waals surface area contributed by atoms with Crippen LogP contribution in [0.15, 0.2) is 0 Å². The second kappa shape index (κ2) is 6.66. The first-order chi connectivity index (χ1) is 10.1. The number of nitrogens with one attached hydrogen (secondary N) is 1. The molecule has 1 heterocycles. The molecule has 0 saturated heterocycles. The van der Waals surface area contributed by atoms with Crippen molar-refractivity contribution in [2.45, 2.75) is 32.6 Å². The summed E-state index contributed by atoms with van der Waals surface area (Å²) in [5, 5.41) is 4.28. The molecule has 1 aromatic heterocycles. The number of hydrogen-bond donors (Lipinski definition) is 2. The van der Waals surface area contributed by atoms with Crippen LogP contribution in [0.2, 0.25) is 0 Å². The molecule has 2 rings (SSSR count). The number of nitrogen functional groups attached to an aromatic ring is 1. The lowest BCUT2D eigenvalue weighted by Crippen LogP contribution is -2.17. The summed E-state index contributed by atoms with van der Waals surface area (Å²) >= 11 is 1.39. The number of methoxy groups -OCH3 is 2. The number of ketones is 1. The van der Waals surface area contributed by atoms with Crippen LogP contribution in [0.3, 0.4) is 0 Å². The molecule has 118 valence electrons. The molecule has 1 aliphatic rings. The Morgan fingerprint density at radius 2 is 2.14 bits per heavy atom. The number of nitrogens with two attached hydrogens (primary N) is 1. The molecule has 0 aromatic carbocycles. The second-order valence-electron chi connectivity index (χ2n) is 5.58. The van der Waals surface area contributed by atoms with Crippen molar-refractivity contribution in [3.8, 4) is 5.75 Å². The molecule has 1 aromatic rings. The van der Waals surface area contributed by atoms with Gasteiger partial charge < -0.3 is 20.5 Å². The number of hydrogen-bond acceptors (Lipinski definition) is 6. The van der Waals surface area contributed by atoms with Crippen LogP contribution >= 0.6 is 11.3 Å². The standard InChI is InChI=1S/C15H24N2O3S/c1-4-10(18)13-11(16)12(20-3)14(21-13)17-9-15(5-6-15)7-8-19-2/h17H,4-9,16H2,1-3H3. The average Bonchev–Trinajstić information content (AvgIpc) is 3.20. The van der Waals surface area contributed by atoms with Crippen LogP contribution in [0.5, 0.6) is 5.75 Å². The van der Waals surface area contributed by atoms with Gasteiger partial charge in [-0.25, -0.2) is 0 Å². The third-order valence-electron chi connectivity index (χ3n) is 4.10. The van der Waals surface area contributed by atoms with Gasteiger partial charge in [0, 0.05) is 26.7 Å². The lowest BCUT2D eigenvalue weighted by molar-refractivity contribution is 0.0992. The summed E-state index contributed by atoms with van der Waals surface area (Å²) < 4.78 is 10.5. The van der Waals surface area contributed by atoms with Crippen LogP contribution in [0.25, 0.3) is 0 Å². The topological polar surface area (TPSA) is 73.6 Å². The Labute approximate surface area is 129 Å². The minimum Gasteiger partial charge on any atom is -0.492 e. The molecule has 0 aliphatic heterocycles. The van der Waals surface area contributed by atoms with Crippen molar-refractivity contribution in [1.82, 2.24) is 0 Å². The van der Waals surface area contributed by atoms with Gasteiger partial charge in [-0.15, -0.1) is 11.3 Å². The van der Waals surface area contributed by atoms with Crippen LogP contribution in [0.1, 0.15) is 42.3 Å². The van der Waals surface area contributed by atoms with E-state index in [1.165, 1.54) is 24.2 Å². The van der Waals surface area contributed by atoms with Crippen molar-refractivity contribution in [3.63, 3.8) is 0 Å². The normalized spacial score (nSPS) is 15.8. The summed E-state index contributed by atoms with van der Waals surface area (Å²) in [6.07, 6.45) is 3.94. The van der Waals surface area contributed by atoms with Crippen molar-refractivity contribution in [2.24, 2.45) is 5.41 Å². The molecule has 0 spiro atoms. The fraction of sp³-hybridized carbons (Fsp3) is 0.667. The quantitative estimate of drug-likeness (QED) is 0.685. The molecule has 1 aliphatic carbocycles. The molecule has 0 amide bonds. The minimum absolute atomic E-state index is 0.0596. The molecule has 1 fully saturated rings. The highest BCUT2D eigenvalue weighted by molar-refractivity contribution is 7.19. The molecule has 0 atom stereocenters. The minimum atomic E-state index is 0.0596. The molecule has 3 N–H and O–H groups in total. The summed E-state index contributed by atoms with van der Waals surface area (Å²) in [7, 11) is 3.32. The molecule has 1 saturated carbocycles. The van der Waals surface area contributed by atoms with E-state index in [0.29, 0.717) is 28.1 Å². The van der Waals surface area contributed by atoms with Crippen molar-refractivity contribution in [3.05, 3.63) is 4.88 Å². The van der Waals surface area contributed by atoms with Crippen LogP contribution in [-0.4, -0.2) is 33.2 Å². The molecule has 6 heteroatoms. The zero-order valence-electron chi connectivity index (χ0n) is 13.0. The van der Waals surface area contributed by atoms with Crippen LogP contribution in [0, 0.1) is 5.41 Å².